The third-order valence-electron chi connectivity index (χ3n) is 3.40. The lowest BCUT2D eigenvalue weighted by Crippen LogP contribution is -1.95. The summed E-state index contributed by atoms with van der Waals surface area (Å²) in [6.45, 7) is 2.92. The molecule has 0 aliphatic heterocycles. The lowest BCUT2D eigenvalue weighted by molar-refractivity contribution is 0.355. The number of hydrogen-bond acceptors (Lipinski definition) is 5. The number of ether oxygens (including phenoxy) is 2. The molecule has 0 saturated heterocycles. The van der Waals surface area contributed by atoms with E-state index >= 15 is 0 Å². The molecule has 0 aliphatic carbocycles. The number of nitrogens with zero attached hydrogens (tertiary/aromatic N) is 1. The van der Waals surface area contributed by atoms with E-state index in [1.165, 1.54) is 0 Å². The van der Waals surface area contributed by atoms with Crippen LogP contribution in [0.5, 0.6) is 11.5 Å². The molecule has 0 unspecified atom stereocenters. The molecule has 5 heteroatoms. The molecule has 0 bridgehead atoms. The standard InChI is InChI=1S/C17H18N2O3/c1-4-18-12-6-8-14-13(10-12)19-17(22-14)11-5-7-15(20-2)16(9-11)21-3/h5-10,18H,4H2,1-3H3. The summed E-state index contributed by atoms with van der Waals surface area (Å²) < 4.78 is 16.4. The Balaban J connectivity index is 2.02. The van der Waals surface area contributed by atoms with E-state index in [1.54, 1.807) is 14.2 Å². The monoisotopic (exact) mass is 298 g/mol. The number of benzene rings is 2. The molecule has 114 valence electrons. The van der Waals surface area contributed by atoms with Crippen molar-refractivity contribution >= 4 is 16.8 Å². The van der Waals surface area contributed by atoms with E-state index in [2.05, 4.69) is 17.2 Å². The Labute approximate surface area is 128 Å². The molecule has 2 aromatic carbocycles. The topological polar surface area (TPSA) is 56.5 Å². The van der Waals surface area contributed by atoms with Crippen molar-refractivity contribution in [2.75, 3.05) is 26.1 Å². The van der Waals surface area contributed by atoms with Gasteiger partial charge >= 0.3 is 0 Å². The normalized spacial score (nSPS) is 10.7. The Morgan fingerprint density at radius 3 is 2.59 bits per heavy atom. The van der Waals surface area contributed by atoms with Crippen molar-refractivity contribution in [1.29, 1.82) is 0 Å². The molecule has 0 fully saturated rings. The molecule has 1 heterocycles. The second kappa shape index (κ2) is 5.97. The van der Waals surface area contributed by atoms with Gasteiger partial charge in [0.1, 0.15) is 5.52 Å². The summed E-state index contributed by atoms with van der Waals surface area (Å²) in [5.74, 6) is 1.89. The van der Waals surface area contributed by atoms with Gasteiger partial charge < -0.3 is 19.2 Å². The maximum absolute atomic E-state index is 5.82. The number of aromatic nitrogens is 1. The molecule has 3 rings (SSSR count). The van der Waals surface area contributed by atoms with E-state index < -0.39 is 0 Å². The fraction of sp³-hybridized carbons (Fsp3) is 0.235. The first kappa shape index (κ1) is 14.3. The van der Waals surface area contributed by atoms with Gasteiger partial charge in [-0.1, -0.05) is 0 Å². The predicted molar refractivity (Wildman–Crippen MR) is 86.7 cm³/mol. The maximum atomic E-state index is 5.82. The molecule has 1 N–H and O–H groups in total. The molecule has 0 amide bonds. The lowest BCUT2D eigenvalue weighted by Gasteiger charge is -2.07. The summed E-state index contributed by atoms with van der Waals surface area (Å²) in [6, 6.07) is 11.5. The van der Waals surface area contributed by atoms with Gasteiger partial charge in [-0.15, -0.1) is 0 Å². The van der Waals surface area contributed by atoms with E-state index in [0.717, 1.165) is 28.9 Å². The highest BCUT2D eigenvalue weighted by molar-refractivity contribution is 5.80. The largest absolute Gasteiger partial charge is 0.493 e. The number of nitrogens with one attached hydrogen (secondary N) is 1. The number of fused-ring (bicyclic) bond motifs is 1. The average Bonchev–Trinajstić information content (AvgIpc) is 2.97. The highest BCUT2D eigenvalue weighted by atomic mass is 16.5. The van der Waals surface area contributed by atoms with Crippen molar-refractivity contribution in [3.63, 3.8) is 0 Å². The first-order chi connectivity index (χ1) is 10.7. The molecule has 0 radical (unpaired) electrons. The lowest BCUT2D eigenvalue weighted by atomic mass is 10.2. The Morgan fingerprint density at radius 2 is 1.86 bits per heavy atom. The van der Waals surface area contributed by atoms with E-state index in [9.17, 15) is 0 Å². The van der Waals surface area contributed by atoms with Crippen LogP contribution < -0.4 is 14.8 Å². The highest BCUT2D eigenvalue weighted by Crippen LogP contribution is 2.33. The summed E-state index contributed by atoms with van der Waals surface area (Å²) in [7, 11) is 3.22. The zero-order valence-electron chi connectivity index (χ0n) is 12.8. The first-order valence-corrected chi connectivity index (χ1v) is 7.12. The molecule has 0 aliphatic rings. The maximum Gasteiger partial charge on any atom is 0.227 e. The van der Waals surface area contributed by atoms with Crippen LogP contribution in [-0.4, -0.2) is 25.7 Å². The number of anilines is 1. The summed E-state index contributed by atoms with van der Waals surface area (Å²) in [5.41, 5.74) is 3.45. The summed E-state index contributed by atoms with van der Waals surface area (Å²) >= 11 is 0. The van der Waals surface area contributed by atoms with Crippen molar-refractivity contribution in [3.8, 4) is 23.0 Å². The Kier molecular flexibility index (Phi) is 3.87. The fourth-order valence-corrected chi connectivity index (χ4v) is 2.33. The SMILES string of the molecule is CCNc1ccc2oc(-c3ccc(OC)c(OC)c3)nc2c1. The summed E-state index contributed by atoms with van der Waals surface area (Å²) in [4.78, 5) is 4.55. The molecule has 22 heavy (non-hydrogen) atoms. The molecule has 1 aromatic heterocycles. The van der Waals surface area contributed by atoms with Gasteiger partial charge in [0.15, 0.2) is 17.1 Å². The number of hydrogen-bond donors (Lipinski definition) is 1. The van der Waals surface area contributed by atoms with Crippen LogP contribution in [-0.2, 0) is 0 Å². The molecule has 0 saturated carbocycles. The van der Waals surface area contributed by atoms with Crippen LogP contribution in [0.4, 0.5) is 5.69 Å². The molecule has 3 aromatic rings. The smallest absolute Gasteiger partial charge is 0.227 e. The Hall–Kier alpha value is -2.69. The van der Waals surface area contributed by atoms with Crippen molar-refractivity contribution in [3.05, 3.63) is 36.4 Å². The minimum absolute atomic E-state index is 0.560. The van der Waals surface area contributed by atoms with Crippen molar-refractivity contribution in [2.24, 2.45) is 0 Å². The van der Waals surface area contributed by atoms with Crippen molar-refractivity contribution in [2.45, 2.75) is 6.92 Å². The van der Waals surface area contributed by atoms with Crippen LogP contribution in [0, 0.1) is 0 Å². The first-order valence-electron chi connectivity index (χ1n) is 7.12. The van der Waals surface area contributed by atoms with E-state index in [0.29, 0.717) is 17.4 Å². The van der Waals surface area contributed by atoms with E-state index in [4.69, 9.17) is 13.9 Å². The minimum atomic E-state index is 0.560. The molecule has 0 spiro atoms. The third-order valence-corrected chi connectivity index (χ3v) is 3.40. The molecule has 0 atom stereocenters. The summed E-state index contributed by atoms with van der Waals surface area (Å²) in [6.07, 6.45) is 0. The van der Waals surface area contributed by atoms with Gasteiger partial charge in [0, 0.05) is 17.8 Å². The van der Waals surface area contributed by atoms with Crippen LogP contribution in [0.1, 0.15) is 6.92 Å². The van der Waals surface area contributed by atoms with Gasteiger partial charge in [-0.05, 0) is 43.3 Å². The van der Waals surface area contributed by atoms with Crippen molar-refractivity contribution < 1.29 is 13.9 Å². The van der Waals surface area contributed by atoms with Gasteiger partial charge in [-0.2, -0.15) is 0 Å². The Morgan fingerprint density at radius 1 is 1.05 bits per heavy atom. The zero-order valence-corrected chi connectivity index (χ0v) is 12.8. The quantitative estimate of drug-likeness (QED) is 0.773. The summed E-state index contributed by atoms with van der Waals surface area (Å²) in [5, 5.41) is 3.26. The van der Waals surface area contributed by atoms with Gasteiger partial charge in [0.2, 0.25) is 5.89 Å². The fourth-order valence-electron chi connectivity index (χ4n) is 2.33. The molecule has 5 nitrogen and oxygen atoms in total. The van der Waals surface area contributed by atoms with Crippen LogP contribution >= 0.6 is 0 Å². The Bertz CT molecular complexity index is 796. The average molecular weight is 298 g/mol. The highest BCUT2D eigenvalue weighted by Gasteiger charge is 2.12. The van der Waals surface area contributed by atoms with E-state index in [1.807, 2.05) is 36.4 Å². The van der Waals surface area contributed by atoms with Crippen LogP contribution in [0.25, 0.3) is 22.6 Å². The van der Waals surface area contributed by atoms with Gasteiger partial charge in [-0.3, -0.25) is 0 Å². The van der Waals surface area contributed by atoms with Crippen LogP contribution in [0.3, 0.4) is 0 Å². The van der Waals surface area contributed by atoms with Gasteiger partial charge in [0.25, 0.3) is 0 Å². The second-order valence-corrected chi connectivity index (χ2v) is 4.80. The van der Waals surface area contributed by atoms with E-state index in [-0.39, 0.29) is 0 Å². The number of oxazole rings is 1. The predicted octanol–water partition coefficient (Wildman–Crippen LogP) is 3.94. The molecular formula is C17H18N2O3. The molecular weight excluding hydrogens is 280 g/mol. The van der Waals surface area contributed by atoms with Crippen LogP contribution in [0.2, 0.25) is 0 Å². The van der Waals surface area contributed by atoms with Crippen LogP contribution in [0.15, 0.2) is 40.8 Å². The minimum Gasteiger partial charge on any atom is -0.493 e. The second-order valence-electron chi connectivity index (χ2n) is 4.80. The van der Waals surface area contributed by atoms with Crippen molar-refractivity contribution in [1.82, 2.24) is 4.98 Å². The van der Waals surface area contributed by atoms with Gasteiger partial charge in [0.05, 0.1) is 14.2 Å². The third kappa shape index (κ3) is 2.57. The number of methoxy groups -OCH3 is 2. The zero-order chi connectivity index (χ0) is 15.5. The number of rotatable bonds is 5. The van der Waals surface area contributed by atoms with Gasteiger partial charge in [-0.25, -0.2) is 4.98 Å².